The molecule has 1 amide bonds. The maximum atomic E-state index is 12.8. The lowest BCUT2D eigenvalue weighted by Crippen LogP contribution is -2.35. The first-order chi connectivity index (χ1) is 16.1. The Labute approximate surface area is 201 Å². The molecule has 0 saturated carbocycles. The number of piperidine rings is 1. The Morgan fingerprint density at radius 2 is 1.59 bits per heavy atom. The van der Waals surface area contributed by atoms with Crippen LogP contribution in [-0.2, 0) is 31.3 Å². The number of nitrogens with one attached hydrogen (secondary N) is 1. The van der Waals surface area contributed by atoms with Crippen LogP contribution in [0.15, 0.2) is 52.3 Å². The molecule has 0 aromatic heterocycles. The van der Waals surface area contributed by atoms with Crippen LogP contribution >= 0.6 is 0 Å². The molecule has 11 heteroatoms. The van der Waals surface area contributed by atoms with E-state index in [0.29, 0.717) is 30.1 Å². The molecule has 1 aliphatic rings. The van der Waals surface area contributed by atoms with Gasteiger partial charge in [0.15, 0.2) is 0 Å². The van der Waals surface area contributed by atoms with Crippen molar-refractivity contribution in [3.05, 3.63) is 48.0 Å². The molecule has 1 heterocycles. The minimum absolute atomic E-state index is 0.0929. The van der Waals surface area contributed by atoms with Crippen LogP contribution in [0.1, 0.15) is 31.2 Å². The maximum absolute atomic E-state index is 12.8. The molecule has 0 spiro atoms. The molecule has 2 aromatic carbocycles. The molecule has 3 rings (SSSR count). The fraction of sp³-hybridized carbons (Fsp3) is 0.435. The van der Waals surface area contributed by atoms with Crippen LogP contribution in [0.2, 0.25) is 0 Å². The van der Waals surface area contributed by atoms with Gasteiger partial charge in [0.2, 0.25) is 26.0 Å². The van der Waals surface area contributed by atoms with Gasteiger partial charge in [0, 0.05) is 39.3 Å². The van der Waals surface area contributed by atoms with Crippen molar-refractivity contribution in [1.29, 1.82) is 0 Å². The maximum Gasteiger partial charge on any atom is 0.243 e. The number of aryl methyl sites for hydroxylation is 1. The molecule has 186 valence electrons. The summed E-state index contributed by atoms with van der Waals surface area (Å²) in [7, 11) is -2.75. The third-order valence-corrected chi connectivity index (χ3v) is 9.47. The summed E-state index contributed by atoms with van der Waals surface area (Å²) in [6, 6.07) is 10.7. The molecule has 0 bridgehead atoms. The molecular weight excluding hydrogens is 478 g/mol. The number of hydrogen-bond acceptors (Lipinski definition) is 6. The second-order valence-corrected chi connectivity index (χ2v) is 12.4. The summed E-state index contributed by atoms with van der Waals surface area (Å²) in [5.41, 5.74) is 1.09. The number of ether oxygens (including phenoxy) is 1. The smallest absolute Gasteiger partial charge is 0.243 e. The van der Waals surface area contributed by atoms with Crippen LogP contribution in [0.5, 0.6) is 5.75 Å². The number of methoxy groups -OCH3 is 1. The van der Waals surface area contributed by atoms with E-state index in [1.54, 1.807) is 18.2 Å². The number of carbonyl (C=O) groups is 1. The van der Waals surface area contributed by atoms with Crippen molar-refractivity contribution in [1.82, 2.24) is 8.61 Å². The quantitative estimate of drug-likeness (QED) is 0.556. The van der Waals surface area contributed by atoms with E-state index in [0.717, 1.165) is 23.6 Å². The number of hydrogen-bond donors (Lipinski definition) is 1. The fourth-order valence-corrected chi connectivity index (χ4v) is 6.23. The highest BCUT2D eigenvalue weighted by atomic mass is 32.2. The summed E-state index contributed by atoms with van der Waals surface area (Å²) < 4.78 is 58.3. The van der Waals surface area contributed by atoms with E-state index in [1.165, 1.54) is 49.8 Å². The van der Waals surface area contributed by atoms with Crippen molar-refractivity contribution >= 4 is 31.6 Å². The third-order valence-electron chi connectivity index (χ3n) is 5.74. The Hall–Kier alpha value is -2.47. The van der Waals surface area contributed by atoms with E-state index in [4.69, 9.17) is 4.74 Å². The third kappa shape index (κ3) is 5.96. The van der Waals surface area contributed by atoms with Gasteiger partial charge in [-0.1, -0.05) is 6.42 Å². The summed E-state index contributed by atoms with van der Waals surface area (Å²) >= 11 is 0. The zero-order chi connectivity index (χ0) is 24.9. The van der Waals surface area contributed by atoms with Gasteiger partial charge in [0.25, 0.3) is 0 Å². The molecule has 0 radical (unpaired) electrons. The van der Waals surface area contributed by atoms with Gasteiger partial charge >= 0.3 is 0 Å². The average Bonchev–Trinajstić information content (AvgIpc) is 2.83. The zero-order valence-corrected chi connectivity index (χ0v) is 21.3. The Balaban J connectivity index is 1.65. The Bertz CT molecular complexity index is 1220. The van der Waals surface area contributed by atoms with Crippen LogP contribution in [0.4, 0.5) is 5.69 Å². The van der Waals surface area contributed by atoms with E-state index < -0.39 is 20.0 Å². The van der Waals surface area contributed by atoms with Gasteiger partial charge in [0.1, 0.15) is 5.75 Å². The molecule has 2 aromatic rings. The fourth-order valence-electron chi connectivity index (χ4n) is 3.76. The van der Waals surface area contributed by atoms with E-state index >= 15 is 0 Å². The summed E-state index contributed by atoms with van der Waals surface area (Å²) in [6.45, 7) is 1.06. The minimum atomic E-state index is -3.61. The van der Waals surface area contributed by atoms with Gasteiger partial charge in [-0.25, -0.2) is 21.1 Å². The SMILES string of the molecule is COc1ccc(S(=O)(=O)N(C)C)cc1CCC(=O)Nc1ccc(S(=O)(=O)N2CCCCC2)cc1. The normalized spacial score (nSPS) is 15.3. The van der Waals surface area contributed by atoms with Gasteiger partial charge < -0.3 is 10.1 Å². The lowest BCUT2D eigenvalue weighted by molar-refractivity contribution is -0.116. The topological polar surface area (TPSA) is 113 Å². The number of sulfonamides is 2. The summed E-state index contributed by atoms with van der Waals surface area (Å²) in [6.07, 6.45) is 3.13. The van der Waals surface area contributed by atoms with Crippen molar-refractivity contribution in [3.63, 3.8) is 0 Å². The Morgan fingerprint density at radius 3 is 2.18 bits per heavy atom. The van der Waals surface area contributed by atoms with Crippen LogP contribution in [0.3, 0.4) is 0 Å². The predicted molar refractivity (Wildman–Crippen MR) is 130 cm³/mol. The monoisotopic (exact) mass is 509 g/mol. The summed E-state index contributed by atoms with van der Waals surface area (Å²) in [4.78, 5) is 12.8. The Kier molecular flexibility index (Phi) is 8.34. The van der Waals surface area contributed by atoms with Crippen molar-refractivity contribution in [2.45, 2.75) is 41.9 Å². The second kappa shape index (κ2) is 10.9. The van der Waals surface area contributed by atoms with Gasteiger partial charge in [-0.2, -0.15) is 4.31 Å². The number of carbonyl (C=O) groups excluding carboxylic acids is 1. The number of rotatable bonds is 9. The lowest BCUT2D eigenvalue weighted by Gasteiger charge is -2.25. The first-order valence-electron chi connectivity index (χ1n) is 11.0. The highest BCUT2D eigenvalue weighted by molar-refractivity contribution is 7.89. The molecule has 0 atom stereocenters. The van der Waals surface area contributed by atoms with E-state index in [-0.39, 0.29) is 28.5 Å². The molecular formula is C23H31N3O6S2. The van der Waals surface area contributed by atoms with Gasteiger partial charge in [-0.3, -0.25) is 4.79 Å². The highest BCUT2D eigenvalue weighted by Crippen LogP contribution is 2.26. The number of amides is 1. The lowest BCUT2D eigenvalue weighted by atomic mass is 10.1. The van der Waals surface area contributed by atoms with E-state index in [1.807, 2.05) is 0 Å². The van der Waals surface area contributed by atoms with E-state index in [9.17, 15) is 21.6 Å². The first-order valence-corrected chi connectivity index (χ1v) is 13.9. The molecule has 0 unspecified atom stereocenters. The summed E-state index contributed by atoms with van der Waals surface area (Å²) in [5, 5.41) is 2.76. The number of nitrogens with zero attached hydrogens (tertiary/aromatic N) is 2. The van der Waals surface area contributed by atoms with Gasteiger partial charge in [0.05, 0.1) is 16.9 Å². The van der Waals surface area contributed by atoms with Crippen molar-refractivity contribution in [3.8, 4) is 5.75 Å². The predicted octanol–water partition coefficient (Wildman–Crippen LogP) is 2.69. The average molecular weight is 510 g/mol. The molecule has 0 aliphatic carbocycles. The first kappa shape index (κ1) is 26.1. The standard InChI is InChI=1S/C23H31N3O6S2/c1-25(2)33(28,29)21-12-13-22(32-3)18(17-21)7-14-23(27)24-19-8-10-20(11-9-19)34(30,31)26-15-5-4-6-16-26/h8-13,17H,4-7,14-16H2,1-3H3,(H,24,27). The molecule has 34 heavy (non-hydrogen) atoms. The number of benzene rings is 2. The largest absolute Gasteiger partial charge is 0.496 e. The van der Waals surface area contributed by atoms with Gasteiger partial charge in [-0.05, 0) is 67.3 Å². The molecule has 1 saturated heterocycles. The molecule has 1 fully saturated rings. The Morgan fingerprint density at radius 1 is 0.971 bits per heavy atom. The van der Waals surface area contributed by atoms with E-state index in [2.05, 4.69) is 5.32 Å². The zero-order valence-electron chi connectivity index (χ0n) is 19.7. The number of anilines is 1. The highest BCUT2D eigenvalue weighted by Gasteiger charge is 2.25. The molecule has 9 nitrogen and oxygen atoms in total. The molecule has 1 N–H and O–H groups in total. The van der Waals surface area contributed by atoms with Crippen LogP contribution < -0.4 is 10.1 Å². The van der Waals surface area contributed by atoms with Crippen LogP contribution in [-0.4, -0.2) is 65.6 Å². The van der Waals surface area contributed by atoms with Crippen molar-refractivity contribution in [2.24, 2.45) is 0 Å². The van der Waals surface area contributed by atoms with Gasteiger partial charge in [-0.15, -0.1) is 0 Å². The van der Waals surface area contributed by atoms with Crippen LogP contribution in [0, 0.1) is 0 Å². The molecule has 1 aliphatic heterocycles. The van der Waals surface area contributed by atoms with Crippen LogP contribution in [0.25, 0.3) is 0 Å². The second-order valence-electron chi connectivity index (χ2n) is 8.30. The van der Waals surface area contributed by atoms with Crippen molar-refractivity contribution < 1.29 is 26.4 Å². The van der Waals surface area contributed by atoms with Crippen molar-refractivity contribution in [2.75, 3.05) is 39.6 Å². The minimum Gasteiger partial charge on any atom is -0.496 e. The summed E-state index contributed by atoms with van der Waals surface area (Å²) in [5.74, 6) is 0.215.